The Morgan fingerprint density at radius 3 is 2.55 bits per heavy atom. The zero-order valence-electron chi connectivity index (χ0n) is 16.8. The summed E-state index contributed by atoms with van der Waals surface area (Å²) in [6.45, 7) is 1.16. The number of hydrogen-bond donors (Lipinski definition) is 0. The van der Waals surface area contributed by atoms with E-state index < -0.39 is 0 Å². The number of ether oxygens (including phenoxy) is 1. The molecule has 3 heterocycles. The zero-order chi connectivity index (χ0) is 21.2. The molecule has 0 aliphatic carbocycles. The van der Waals surface area contributed by atoms with Crippen molar-refractivity contribution in [3.05, 3.63) is 94.7 Å². The smallest absolute Gasteiger partial charge is 0.123 e. The Bertz CT molecular complexity index is 1190. The molecule has 4 aromatic rings. The molecule has 156 valence electrons. The second-order valence-electron chi connectivity index (χ2n) is 7.64. The normalized spacial score (nSPS) is 15.2. The SMILES string of the molecule is Fc1ccc(-c2nc3n(c2-c2ccncc2)C(COCc2ccccc2Br)CC3)cc1. The molecule has 0 saturated heterocycles. The lowest BCUT2D eigenvalue weighted by Crippen LogP contribution is -2.13. The Hall–Kier alpha value is -2.83. The number of aryl methyl sites for hydroxylation is 1. The fourth-order valence-electron chi connectivity index (χ4n) is 4.15. The first-order valence-electron chi connectivity index (χ1n) is 10.3. The van der Waals surface area contributed by atoms with Crippen molar-refractivity contribution >= 4 is 15.9 Å². The highest BCUT2D eigenvalue weighted by molar-refractivity contribution is 9.10. The summed E-state index contributed by atoms with van der Waals surface area (Å²) in [6, 6.07) is 18.8. The van der Waals surface area contributed by atoms with E-state index in [4.69, 9.17) is 9.72 Å². The first-order chi connectivity index (χ1) is 15.2. The number of imidazole rings is 1. The van der Waals surface area contributed by atoms with Crippen LogP contribution >= 0.6 is 15.9 Å². The lowest BCUT2D eigenvalue weighted by atomic mass is 10.0. The molecule has 1 unspecified atom stereocenters. The van der Waals surface area contributed by atoms with Crippen LogP contribution in [0.25, 0.3) is 22.5 Å². The van der Waals surface area contributed by atoms with Crippen LogP contribution in [0.2, 0.25) is 0 Å². The summed E-state index contributed by atoms with van der Waals surface area (Å²) in [5.41, 5.74) is 4.99. The number of hydrogen-bond acceptors (Lipinski definition) is 3. The largest absolute Gasteiger partial charge is 0.375 e. The highest BCUT2D eigenvalue weighted by Gasteiger charge is 2.30. The number of halogens is 2. The van der Waals surface area contributed by atoms with Crippen LogP contribution in [0.3, 0.4) is 0 Å². The van der Waals surface area contributed by atoms with Crippen LogP contribution in [0.1, 0.15) is 23.9 Å². The standard InChI is InChI=1S/C25H21BrFN3O/c26-22-4-2-1-3-19(22)15-31-16-21-9-10-23-29-24(17-5-7-20(27)8-6-17)25(30(21)23)18-11-13-28-14-12-18/h1-8,11-14,21H,9-10,15-16H2. The van der Waals surface area contributed by atoms with Crippen molar-refractivity contribution in [2.24, 2.45) is 0 Å². The molecule has 1 atom stereocenters. The molecular weight excluding hydrogens is 457 g/mol. The fourth-order valence-corrected chi connectivity index (χ4v) is 4.55. The van der Waals surface area contributed by atoms with E-state index in [1.807, 2.05) is 30.3 Å². The first kappa shape index (κ1) is 20.1. The second-order valence-corrected chi connectivity index (χ2v) is 8.49. The summed E-state index contributed by atoms with van der Waals surface area (Å²) in [7, 11) is 0. The molecule has 1 aliphatic rings. The Labute approximate surface area is 188 Å². The Kier molecular flexibility index (Phi) is 5.66. The molecule has 5 rings (SSSR count). The van der Waals surface area contributed by atoms with Crippen molar-refractivity contribution in [3.63, 3.8) is 0 Å². The number of pyridine rings is 1. The average Bonchev–Trinajstić information content (AvgIpc) is 3.36. The third-order valence-corrected chi connectivity index (χ3v) is 6.42. The molecule has 0 saturated carbocycles. The highest BCUT2D eigenvalue weighted by Crippen LogP contribution is 2.39. The van der Waals surface area contributed by atoms with E-state index in [1.54, 1.807) is 24.5 Å². The lowest BCUT2D eigenvalue weighted by molar-refractivity contribution is 0.0921. The van der Waals surface area contributed by atoms with E-state index in [-0.39, 0.29) is 11.9 Å². The van der Waals surface area contributed by atoms with Gasteiger partial charge < -0.3 is 9.30 Å². The number of benzene rings is 2. The molecule has 2 aromatic carbocycles. The monoisotopic (exact) mass is 477 g/mol. The highest BCUT2D eigenvalue weighted by atomic mass is 79.9. The van der Waals surface area contributed by atoms with E-state index in [1.165, 1.54) is 12.1 Å². The molecule has 4 nitrogen and oxygen atoms in total. The minimum absolute atomic E-state index is 0.197. The molecule has 0 fully saturated rings. The predicted molar refractivity (Wildman–Crippen MR) is 122 cm³/mol. The molecule has 0 N–H and O–H groups in total. The molecule has 6 heteroatoms. The van der Waals surface area contributed by atoms with Gasteiger partial charge in [-0.1, -0.05) is 34.1 Å². The van der Waals surface area contributed by atoms with Crippen LogP contribution in [0, 0.1) is 5.82 Å². The molecule has 1 aliphatic heterocycles. The van der Waals surface area contributed by atoms with Gasteiger partial charge in [-0.2, -0.15) is 0 Å². The van der Waals surface area contributed by atoms with Gasteiger partial charge >= 0.3 is 0 Å². The van der Waals surface area contributed by atoms with Crippen LogP contribution in [0.15, 0.2) is 77.5 Å². The van der Waals surface area contributed by atoms with Gasteiger partial charge in [0.2, 0.25) is 0 Å². The summed E-state index contributed by atoms with van der Waals surface area (Å²) in [6.07, 6.45) is 5.46. The van der Waals surface area contributed by atoms with E-state index in [0.29, 0.717) is 13.2 Å². The number of rotatable bonds is 6. The maximum atomic E-state index is 13.5. The van der Waals surface area contributed by atoms with Crippen molar-refractivity contribution in [3.8, 4) is 22.5 Å². The molecule has 0 radical (unpaired) electrons. The molecule has 0 bridgehead atoms. The van der Waals surface area contributed by atoms with Gasteiger partial charge in [0.25, 0.3) is 0 Å². The predicted octanol–water partition coefficient (Wildman–Crippen LogP) is 6.22. The molecule has 31 heavy (non-hydrogen) atoms. The quantitative estimate of drug-likeness (QED) is 0.331. The zero-order valence-corrected chi connectivity index (χ0v) is 18.4. The number of fused-ring (bicyclic) bond motifs is 1. The third-order valence-electron chi connectivity index (χ3n) is 5.65. The maximum Gasteiger partial charge on any atom is 0.123 e. The first-order valence-corrected chi connectivity index (χ1v) is 11.1. The van der Waals surface area contributed by atoms with Crippen LogP contribution < -0.4 is 0 Å². The minimum Gasteiger partial charge on any atom is -0.375 e. The second kappa shape index (κ2) is 8.73. The van der Waals surface area contributed by atoms with Crippen molar-refractivity contribution in [2.45, 2.75) is 25.5 Å². The van der Waals surface area contributed by atoms with Crippen molar-refractivity contribution in [1.29, 1.82) is 0 Å². The van der Waals surface area contributed by atoms with E-state index in [2.05, 4.69) is 31.5 Å². The fraction of sp³-hybridized carbons (Fsp3) is 0.200. The van der Waals surface area contributed by atoms with Crippen LogP contribution in [0.5, 0.6) is 0 Å². The van der Waals surface area contributed by atoms with Gasteiger partial charge in [-0.3, -0.25) is 4.98 Å². The van der Waals surface area contributed by atoms with Gasteiger partial charge in [-0.25, -0.2) is 9.37 Å². The van der Waals surface area contributed by atoms with E-state index >= 15 is 0 Å². The van der Waals surface area contributed by atoms with Crippen LogP contribution in [0.4, 0.5) is 4.39 Å². The average molecular weight is 478 g/mol. The molecular formula is C25H21BrFN3O. The van der Waals surface area contributed by atoms with Gasteiger partial charge in [0.15, 0.2) is 0 Å². The molecule has 2 aromatic heterocycles. The van der Waals surface area contributed by atoms with Gasteiger partial charge in [0.05, 0.1) is 30.6 Å². The van der Waals surface area contributed by atoms with Crippen molar-refractivity contribution < 1.29 is 9.13 Å². The summed E-state index contributed by atoms with van der Waals surface area (Å²) in [5.74, 6) is 0.792. The Balaban J connectivity index is 1.47. The van der Waals surface area contributed by atoms with Crippen LogP contribution in [-0.4, -0.2) is 21.1 Å². The van der Waals surface area contributed by atoms with Gasteiger partial charge in [0, 0.05) is 34.4 Å². The Morgan fingerprint density at radius 2 is 1.77 bits per heavy atom. The minimum atomic E-state index is -0.251. The van der Waals surface area contributed by atoms with E-state index in [0.717, 1.165) is 51.2 Å². The van der Waals surface area contributed by atoms with Crippen molar-refractivity contribution in [1.82, 2.24) is 14.5 Å². The van der Waals surface area contributed by atoms with Gasteiger partial charge in [-0.05, 0) is 54.4 Å². The van der Waals surface area contributed by atoms with Crippen molar-refractivity contribution in [2.75, 3.05) is 6.61 Å². The maximum absolute atomic E-state index is 13.5. The summed E-state index contributed by atoms with van der Waals surface area (Å²) < 4.78 is 23.0. The summed E-state index contributed by atoms with van der Waals surface area (Å²) in [4.78, 5) is 9.12. The van der Waals surface area contributed by atoms with Gasteiger partial charge in [-0.15, -0.1) is 0 Å². The molecule has 0 amide bonds. The summed E-state index contributed by atoms with van der Waals surface area (Å²) >= 11 is 3.58. The Morgan fingerprint density at radius 1 is 1.00 bits per heavy atom. The summed E-state index contributed by atoms with van der Waals surface area (Å²) in [5, 5.41) is 0. The number of aromatic nitrogens is 3. The van der Waals surface area contributed by atoms with E-state index in [9.17, 15) is 4.39 Å². The van der Waals surface area contributed by atoms with Crippen LogP contribution in [-0.2, 0) is 17.8 Å². The number of nitrogens with zero attached hydrogens (tertiary/aromatic N) is 3. The topological polar surface area (TPSA) is 39.9 Å². The third kappa shape index (κ3) is 4.05. The lowest BCUT2D eigenvalue weighted by Gasteiger charge is -2.18. The molecule has 0 spiro atoms. The van der Waals surface area contributed by atoms with Gasteiger partial charge in [0.1, 0.15) is 11.6 Å².